The fraction of sp³-hybridized carbons (Fsp3) is 0.824. The minimum Gasteiger partial charge on any atom is -0.481 e. The van der Waals surface area contributed by atoms with Gasteiger partial charge in [0.15, 0.2) is 0 Å². The van der Waals surface area contributed by atoms with Gasteiger partial charge in [0.1, 0.15) is 0 Å². The molecular formula is C17H30N2O4. The van der Waals surface area contributed by atoms with Crippen LogP contribution in [0.15, 0.2) is 0 Å². The summed E-state index contributed by atoms with van der Waals surface area (Å²) in [6.07, 6.45) is 3.59. The zero-order chi connectivity index (χ0) is 17.6. The molecule has 0 radical (unpaired) electrons. The second kappa shape index (κ2) is 8.89. The Balaban J connectivity index is 3.00. The van der Waals surface area contributed by atoms with E-state index in [-0.39, 0.29) is 29.7 Å². The maximum atomic E-state index is 12.2. The number of carbonyl (C=O) groups excluding carboxylic acids is 2. The summed E-state index contributed by atoms with van der Waals surface area (Å²) < 4.78 is 0. The first-order valence-corrected chi connectivity index (χ1v) is 8.55. The molecule has 0 unspecified atom stereocenters. The number of aliphatic carboxylic acids is 1. The van der Waals surface area contributed by atoms with Crippen molar-refractivity contribution >= 4 is 17.8 Å². The average Bonchev–Trinajstić information content (AvgIpc) is 2.95. The van der Waals surface area contributed by atoms with Gasteiger partial charge in [-0.1, -0.05) is 26.7 Å². The number of rotatable bonds is 8. The maximum absolute atomic E-state index is 12.2. The summed E-state index contributed by atoms with van der Waals surface area (Å²) in [5.74, 6) is -1.64. The highest BCUT2D eigenvalue weighted by molar-refractivity contribution is 5.81. The van der Waals surface area contributed by atoms with Crippen molar-refractivity contribution in [3.05, 3.63) is 0 Å². The predicted octanol–water partition coefficient (Wildman–Crippen LogP) is 1.79. The molecule has 6 nitrogen and oxygen atoms in total. The van der Waals surface area contributed by atoms with E-state index in [0.717, 1.165) is 19.3 Å². The molecule has 0 saturated heterocycles. The molecule has 1 fully saturated rings. The lowest BCUT2D eigenvalue weighted by Gasteiger charge is -2.31. The highest BCUT2D eigenvalue weighted by atomic mass is 16.4. The standard InChI is InChI=1S/C17H30N2O4/c1-5-11(6-2)7-15(19-10(3)20)13-8-12(17(22)23)9-14(13)16(21)18-4/h11-15H,5-9H2,1-4H3,(H,18,21)(H,19,20)(H,22,23)/t12-,13-,14-,15+/m1/s1. The fourth-order valence-electron chi connectivity index (χ4n) is 3.79. The van der Waals surface area contributed by atoms with Gasteiger partial charge < -0.3 is 15.7 Å². The summed E-state index contributed by atoms with van der Waals surface area (Å²) in [7, 11) is 1.57. The molecule has 1 rings (SSSR count). The molecule has 1 aliphatic carbocycles. The van der Waals surface area contributed by atoms with Crippen molar-refractivity contribution in [2.24, 2.45) is 23.7 Å². The molecule has 0 heterocycles. The van der Waals surface area contributed by atoms with Crippen LogP contribution in [0.1, 0.15) is 52.9 Å². The molecule has 0 aromatic rings. The third kappa shape index (κ3) is 5.22. The summed E-state index contributed by atoms with van der Waals surface area (Å²) >= 11 is 0. The first-order valence-electron chi connectivity index (χ1n) is 8.55. The monoisotopic (exact) mass is 326 g/mol. The molecule has 0 aromatic carbocycles. The van der Waals surface area contributed by atoms with Gasteiger partial charge >= 0.3 is 5.97 Å². The van der Waals surface area contributed by atoms with Crippen molar-refractivity contribution < 1.29 is 19.5 Å². The van der Waals surface area contributed by atoms with Crippen LogP contribution in [-0.2, 0) is 14.4 Å². The van der Waals surface area contributed by atoms with E-state index in [0.29, 0.717) is 18.8 Å². The second-order valence-electron chi connectivity index (χ2n) is 6.62. The lowest BCUT2D eigenvalue weighted by atomic mass is 9.82. The Morgan fingerprint density at radius 3 is 2.22 bits per heavy atom. The highest BCUT2D eigenvalue weighted by Gasteiger charge is 2.45. The van der Waals surface area contributed by atoms with Gasteiger partial charge in [0.25, 0.3) is 0 Å². The van der Waals surface area contributed by atoms with Crippen molar-refractivity contribution in [2.45, 2.75) is 58.9 Å². The van der Waals surface area contributed by atoms with Crippen LogP contribution >= 0.6 is 0 Å². The highest BCUT2D eigenvalue weighted by Crippen LogP contribution is 2.40. The number of carboxylic acid groups (broad SMARTS) is 1. The van der Waals surface area contributed by atoms with Crippen LogP contribution < -0.4 is 10.6 Å². The lowest BCUT2D eigenvalue weighted by molar-refractivity contribution is -0.141. The zero-order valence-electron chi connectivity index (χ0n) is 14.6. The van der Waals surface area contributed by atoms with Gasteiger partial charge in [-0.2, -0.15) is 0 Å². The van der Waals surface area contributed by atoms with Gasteiger partial charge in [-0.05, 0) is 31.1 Å². The molecule has 1 aliphatic rings. The van der Waals surface area contributed by atoms with Crippen molar-refractivity contribution in [1.82, 2.24) is 10.6 Å². The Labute approximate surface area is 138 Å². The van der Waals surface area contributed by atoms with Crippen molar-refractivity contribution in [3.8, 4) is 0 Å². The van der Waals surface area contributed by atoms with Crippen LogP contribution in [0.4, 0.5) is 0 Å². The Morgan fingerprint density at radius 2 is 1.78 bits per heavy atom. The van der Waals surface area contributed by atoms with Crippen LogP contribution in [0.5, 0.6) is 0 Å². The van der Waals surface area contributed by atoms with Crippen LogP contribution in [-0.4, -0.2) is 36.0 Å². The number of nitrogens with one attached hydrogen (secondary N) is 2. The first kappa shape index (κ1) is 19.5. The molecule has 3 N–H and O–H groups in total. The van der Waals surface area contributed by atoms with Gasteiger partial charge in [-0.3, -0.25) is 14.4 Å². The van der Waals surface area contributed by atoms with E-state index in [9.17, 15) is 19.5 Å². The minimum atomic E-state index is -0.856. The molecule has 132 valence electrons. The maximum Gasteiger partial charge on any atom is 0.306 e. The van der Waals surface area contributed by atoms with Crippen LogP contribution in [0.3, 0.4) is 0 Å². The second-order valence-corrected chi connectivity index (χ2v) is 6.62. The van der Waals surface area contributed by atoms with Crippen molar-refractivity contribution in [2.75, 3.05) is 7.05 Å². The quantitative estimate of drug-likeness (QED) is 0.633. The van der Waals surface area contributed by atoms with Gasteiger partial charge in [0, 0.05) is 25.9 Å². The summed E-state index contributed by atoms with van der Waals surface area (Å²) in [4.78, 5) is 35.2. The van der Waals surface area contributed by atoms with Gasteiger partial charge in [-0.25, -0.2) is 0 Å². The molecule has 6 heteroatoms. The average molecular weight is 326 g/mol. The SMILES string of the molecule is CCC(CC)C[C@H](NC(C)=O)[C@@H]1C[C@@H](C(=O)O)C[C@H]1C(=O)NC. The molecule has 0 spiro atoms. The normalized spacial score (nSPS) is 25.2. The number of hydrogen-bond acceptors (Lipinski definition) is 3. The van der Waals surface area contributed by atoms with Gasteiger partial charge in [-0.15, -0.1) is 0 Å². The minimum absolute atomic E-state index is 0.124. The van der Waals surface area contributed by atoms with Gasteiger partial charge in [0.2, 0.25) is 11.8 Å². The van der Waals surface area contributed by atoms with E-state index in [1.54, 1.807) is 7.05 Å². The predicted molar refractivity (Wildman–Crippen MR) is 87.7 cm³/mol. The summed E-state index contributed by atoms with van der Waals surface area (Å²) in [5.41, 5.74) is 0. The van der Waals surface area contributed by atoms with Crippen LogP contribution in [0.2, 0.25) is 0 Å². The molecule has 4 atom stereocenters. The Morgan fingerprint density at radius 1 is 1.17 bits per heavy atom. The first-order chi connectivity index (χ1) is 10.8. The summed E-state index contributed by atoms with van der Waals surface area (Å²) in [6, 6.07) is -0.149. The molecule has 2 amide bonds. The molecule has 1 saturated carbocycles. The zero-order valence-corrected chi connectivity index (χ0v) is 14.6. The van der Waals surface area contributed by atoms with E-state index in [1.807, 2.05) is 0 Å². The third-order valence-corrected chi connectivity index (χ3v) is 5.19. The van der Waals surface area contributed by atoms with E-state index in [1.165, 1.54) is 6.92 Å². The van der Waals surface area contributed by atoms with Crippen LogP contribution in [0.25, 0.3) is 0 Å². The number of amides is 2. The largest absolute Gasteiger partial charge is 0.481 e. The smallest absolute Gasteiger partial charge is 0.306 e. The molecule has 0 aromatic heterocycles. The fourth-order valence-corrected chi connectivity index (χ4v) is 3.79. The molecule has 23 heavy (non-hydrogen) atoms. The van der Waals surface area contributed by atoms with E-state index < -0.39 is 11.9 Å². The third-order valence-electron chi connectivity index (χ3n) is 5.19. The van der Waals surface area contributed by atoms with E-state index in [2.05, 4.69) is 24.5 Å². The van der Waals surface area contributed by atoms with Crippen molar-refractivity contribution in [3.63, 3.8) is 0 Å². The molecular weight excluding hydrogens is 296 g/mol. The topological polar surface area (TPSA) is 95.5 Å². The number of carbonyl (C=O) groups is 3. The lowest BCUT2D eigenvalue weighted by Crippen LogP contribution is -2.44. The molecule has 0 bridgehead atoms. The summed E-state index contributed by atoms with van der Waals surface area (Å²) in [6.45, 7) is 5.70. The van der Waals surface area contributed by atoms with Gasteiger partial charge in [0.05, 0.1) is 5.92 Å². The number of carboxylic acids is 1. The summed E-state index contributed by atoms with van der Waals surface area (Å²) in [5, 5.41) is 14.9. The molecule has 0 aliphatic heterocycles. The van der Waals surface area contributed by atoms with Crippen molar-refractivity contribution in [1.29, 1.82) is 0 Å². The Kier molecular flexibility index (Phi) is 7.52. The Hall–Kier alpha value is -1.59. The number of hydrogen-bond donors (Lipinski definition) is 3. The Bertz CT molecular complexity index is 434. The van der Waals surface area contributed by atoms with Crippen LogP contribution in [0, 0.1) is 23.7 Å². The van der Waals surface area contributed by atoms with E-state index >= 15 is 0 Å². The van der Waals surface area contributed by atoms with E-state index in [4.69, 9.17) is 0 Å².